The van der Waals surface area contributed by atoms with Crippen LogP contribution in [-0.2, 0) is 9.84 Å². The predicted octanol–water partition coefficient (Wildman–Crippen LogP) is 2.96. The maximum atomic E-state index is 11.5. The number of aliphatic hydroxyl groups is 1. The number of pyridine rings is 1. The molecule has 0 radical (unpaired) electrons. The fraction of sp³-hybridized carbons (Fsp3) is 0.188. The Morgan fingerprint density at radius 1 is 1.30 bits per heavy atom. The molecule has 7 heteroatoms. The van der Waals surface area contributed by atoms with E-state index in [2.05, 4.69) is 9.97 Å². The van der Waals surface area contributed by atoms with Crippen LogP contribution in [0.4, 0.5) is 0 Å². The summed E-state index contributed by atoms with van der Waals surface area (Å²) in [6.07, 6.45) is 1.57. The van der Waals surface area contributed by atoms with Crippen LogP contribution in [0.5, 0.6) is 0 Å². The van der Waals surface area contributed by atoms with Crippen molar-refractivity contribution in [2.45, 2.75) is 6.10 Å². The molecule has 0 aliphatic heterocycles. The lowest BCUT2D eigenvalue weighted by Crippen LogP contribution is -2.13. The topological polar surface area (TPSA) is 83.0 Å². The van der Waals surface area contributed by atoms with E-state index in [1.807, 2.05) is 18.2 Å². The first-order chi connectivity index (χ1) is 10.8. The minimum absolute atomic E-state index is 0.368. The highest BCUT2D eigenvalue weighted by Gasteiger charge is 2.23. The number of benzene rings is 1. The van der Waals surface area contributed by atoms with Crippen molar-refractivity contribution < 1.29 is 13.5 Å². The zero-order valence-electron chi connectivity index (χ0n) is 12.3. The van der Waals surface area contributed by atoms with Crippen molar-refractivity contribution in [1.82, 2.24) is 9.97 Å². The van der Waals surface area contributed by atoms with Crippen molar-refractivity contribution in [3.63, 3.8) is 0 Å². The van der Waals surface area contributed by atoms with Gasteiger partial charge in [-0.2, -0.15) is 0 Å². The van der Waals surface area contributed by atoms with E-state index in [0.717, 1.165) is 17.2 Å². The summed E-state index contributed by atoms with van der Waals surface area (Å²) in [4.78, 5) is 7.41. The van der Waals surface area contributed by atoms with Crippen molar-refractivity contribution in [1.29, 1.82) is 0 Å². The summed E-state index contributed by atoms with van der Waals surface area (Å²) in [6, 6.07) is 10.8. The Morgan fingerprint density at radius 2 is 2.09 bits per heavy atom. The Kier molecular flexibility index (Phi) is 4.14. The average Bonchev–Trinajstić information content (AvgIpc) is 2.85. The van der Waals surface area contributed by atoms with E-state index in [-0.39, 0.29) is 5.75 Å². The molecule has 0 fully saturated rings. The maximum absolute atomic E-state index is 11.5. The summed E-state index contributed by atoms with van der Waals surface area (Å²) in [5, 5.41) is 11.8. The Bertz CT molecular complexity index is 952. The van der Waals surface area contributed by atoms with Gasteiger partial charge in [-0.15, -0.1) is 0 Å². The molecule has 0 aliphatic carbocycles. The highest BCUT2D eigenvalue weighted by Crippen LogP contribution is 2.35. The molecule has 1 unspecified atom stereocenters. The molecule has 1 atom stereocenters. The number of rotatable bonds is 4. The summed E-state index contributed by atoms with van der Waals surface area (Å²) in [6.45, 7) is 0. The van der Waals surface area contributed by atoms with E-state index in [1.165, 1.54) is 0 Å². The van der Waals surface area contributed by atoms with Crippen molar-refractivity contribution >= 4 is 32.3 Å². The molecule has 5 nitrogen and oxygen atoms in total. The molecule has 2 N–H and O–H groups in total. The van der Waals surface area contributed by atoms with Crippen molar-refractivity contribution in [3.05, 3.63) is 53.3 Å². The molecule has 0 saturated carbocycles. The van der Waals surface area contributed by atoms with Crippen LogP contribution < -0.4 is 0 Å². The molecule has 0 saturated heterocycles. The van der Waals surface area contributed by atoms with Gasteiger partial charge >= 0.3 is 0 Å². The Morgan fingerprint density at radius 3 is 2.74 bits per heavy atom. The molecule has 0 aliphatic rings. The van der Waals surface area contributed by atoms with Gasteiger partial charge in [0.2, 0.25) is 0 Å². The highest BCUT2D eigenvalue weighted by molar-refractivity contribution is 7.90. The summed E-state index contributed by atoms with van der Waals surface area (Å²) in [5.74, 6) is -0.368. The van der Waals surface area contributed by atoms with Crippen LogP contribution in [0, 0.1) is 0 Å². The van der Waals surface area contributed by atoms with Gasteiger partial charge in [-0.1, -0.05) is 23.7 Å². The van der Waals surface area contributed by atoms with Gasteiger partial charge in [-0.05, 0) is 24.3 Å². The SMILES string of the molecule is CS(=O)(=O)CC(O)c1[nH]c2cc(Cl)ccc2c1-c1ccccn1. The molecule has 0 bridgehead atoms. The van der Waals surface area contributed by atoms with Gasteiger partial charge in [-0.3, -0.25) is 4.98 Å². The quantitative estimate of drug-likeness (QED) is 0.757. The van der Waals surface area contributed by atoms with E-state index in [9.17, 15) is 13.5 Å². The largest absolute Gasteiger partial charge is 0.386 e. The lowest BCUT2D eigenvalue weighted by Gasteiger charge is -2.11. The number of nitrogens with zero attached hydrogens (tertiary/aromatic N) is 1. The van der Waals surface area contributed by atoms with Gasteiger partial charge in [0.15, 0.2) is 0 Å². The minimum Gasteiger partial charge on any atom is -0.386 e. The fourth-order valence-corrected chi connectivity index (χ4v) is 3.51. The summed E-state index contributed by atoms with van der Waals surface area (Å²) in [7, 11) is -3.33. The molecular formula is C16H15ClN2O3S. The van der Waals surface area contributed by atoms with Crippen molar-refractivity contribution in [2.24, 2.45) is 0 Å². The molecule has 2 heterocycles. The van der Waals surface area contributed by atoms with Gasteiger partial charge in [0, 0.05) is 33.9 Å². The number of aliphatic hydroxyl groups excluding tert-OH is 1. The zero-order valence-corrected chi connectivity index (χ0v) is 13.9. The maximum Gasteiger partial charge on any atom is 0.150 e. The predicted molar refractivity (Wildman–Crippen MR) is 91.2 cm³/mol. The molecule has 3 aromatic rings. The van der Waals surface area contributed by atoms with Gasteiger partial charge in [-0.25, -0.2) is 8.42 Å². The van der Waals surface area contributed by atoms with Crippen LogP contribution in [0.1, 0.15) is 11.8 Å². The van der Waals surface area contributed by atoms with Gasteiger partial charge in [0.05, 0.1) is 17.1 Å². The Labute approximate surface area is 138 Å². The summed E-state index contributed by atoms with van der Waals surface area (Å²) in [5.41, 5.74) is 2.49. The van der Waals surface area contributed by atoms with E-state index in [1.54, 1.807) is 24.4 Å². The van der Waals surface area contributed by atoms with Crippen LogP contribution in [0.3, 0.4) is 0 Å². The number of fused-ring (bicyclic) bond motifs is 1. The lowest BCUT2D eigenvalue weighted by atomic mass is 10.0. The third-order valence-corrected chi connectivity index (χ3v) is 4.66. The van der Waals surface area contributed by atoms with Crippen LogP contribution >= 0.6 is 11.6 Å². The lowest BCUT2D eigenvalue weighted by molar-refractivity contribution is 0.198. The molecule has 1 aromatic carbocycles. The average molecular weight is 351 g/mol. The minimum atomic E-state index is -3.33. The third kappa shape index (κ3) is 3.39. The smallest absolute Gasteiger partial charge is 0.150 e. The summed E-state index contributed by atoms with van der Waals surface area (Å²) < 4.78 is 23.0. The zero-order chi connectivity index (χ0) is 16.6. The van der Waals surface area contributed by atoms with Crippen LogP contribution in [-0.4, -0.2) is 35.5 Å². The second kappa shape index (κ2) is 5.96. The van der Waals surface area contributed by atoms with Crippen LogP contribution in [0.2, 0.25) is 5.02 Å². The molecule has 120 valence electrons. The van der Waals surface area contributed by atoms with Gasteiger partial charge < -0.3 is 10.1 Å². The number of sulfone groups is 1. The van der Waals surface area contributed by atoms with Crippen molar-refractivity contribution in [3.8, 4) is 11.3 Å². The molecule has 0 spiro atoms. The molecule has 0 amide bonds. The van der Waals surface area contributed by atoms with Crippen LogP contribution in [0.25, 0.3) is 22.2 Å². The van der Waals surface area contributed by atoms with Crippen molar-refractivity contribution in [2.75, 3.05) is 12.0 Å². The molecule has 3 rings (SSSR count). The normalized spacial score (nSPS) is 13.3. The Hall–Kier alpha value is -1.89. The fourth-order valence-electron chi connectivity index (χ4n) is 2.60. The first-order valence-electron chi connectivity index (χ1n) is 6.93. The first-order valence-corrected chi connectivity index (χ1v) is 9.37. The number of aromatic amines is 1. The summed E-state index contributed by atoms with van der Waals surface area (Å²) >= 11 is 6.02. The van der Waals surface area contributed by atoms with Gasteiger partial charge in [0.1, 0.15) is 15.9 Å². The van der Waals surface area contributed by atoms with E-state index >= 15 is 0 Å². The highest BCUT2D eigenvalue weighted by atomic mass is 35.5. The molecular weight excluding hydrogens is 336 g/mol. The monoisotopic (exact) mass is 350 g/mol. The Balaban J connectivity index is 2.24. The molecule has 23 heavy (non-hydrogen) atoms. The number of halogens is 1. The standard InChI is InChI=1S/C16H15ClN2O3S/c1-23(21,22)9-14(20)16-15(12-4-2-3-7-18-12)11-6-5-10(17)8-13(11)19-16/h2-8,14,19-20H,9H2,1H3. The first kappa shape index (κ1) is 16.0. The van der Waals surface area contributed by atoms with E-state index < -0.39 is 15.9 Å². The number of nitrogens with one attached hydrogen (secondary N) is 1. The van der Waals surface area contributed by atoms with Crippen LogP contribution in [0.15, 0.2) is 42.6 Å². The number of hydrogen-bond acceptors (Lipinski definition) is 4. The second-order valence-electron chi connectivity index (χ2n) is 5.43. The second-order valence-corrected chi connectivity index (χ2v) is 8.05. The van der Waals surface area contributed by atoms with E-state index in [4.69, 9.17) is 11.6 Å². The molecule has 2 aromatic heterocycles. The number of hydrogen-bond donors (Lipinski definition) is 2. The van der Waals surface area contributed by atoms with E-state index in [0.29, 0.717) is 22.0 Å². The number of aromatic nitrogens is 2. The number of H-pyrrole nitrogens is 1. The third-order valence-electron chi connectivity index (χ3n) is 3.50. The van der Waals surface area contributed by atoms with Gasteiger partial charge in [0.25, 0.3) is 0 Å².